The molecule has 0 saturated heterocycles. The van der Waals surface area contributed by atoms with Crippen LogP contribution >= 0.6 is 0 Å². The highest BCUT2D eigenvalue weighted by molar-refractivity contribution is 5.91. The molecule has 0 fully saturated rings. The third kappa shape index (κ3) is 6.58. The summed E-state index contributed by atoms with van der Waals surface area (Å²) < 4.78 is 5.26. The first-order valence-corrected chi connectivity index (χ1v) is 8.11. The van der Waals surface area contributed by atoms with Crippen molar-refractivity contribution in [1.82, 2.24) is 0 Å². The summed E-state index contributed by atoms with van der Waals surface area (Å²) in [5, 5.41) is 18.7. The maximum atomic E-state index is 12.0. The number of hydrogen-bond donors (Lipinski definition) is 2. The molecule has 0 aliphatic rings. The van der Waals surface area contributed by atoms with Crippen LogP contribution in [0.4, 0.5) is 0 Å². The fourth-order valence-corrected chi connectivity index (χ4v) is 2.32. The van der Waals surface area contributed by atoms with E-state index in [4.69, 9.17) is 9.84 Å². The first kappa shape index (κ1) is 18.7. The summed E-state index contributed by atoms with van der Waals surface area (Å²) in [7, 11) is 0. The number of aliphatic hydroxyl groups excluding tert-OH is 2. The van der Waals surface area contributed by atoms with Crippen LogP contribution in [0.15, 0.2) is 24.3 Å². The van der Waals surface area contributed by atoms with Gasteiger partial charge in [0.15, 0.2) is 0 Å². The zero-order valence-electron chi connectivity index (χ0n) is 13.6. The van der Waals surface area contributed by atoms with Gasteiger partial charge in [0.1, 0.15) is 6.10 Å². The van der Waals surface area contributed by atoms with Crippen LogP contribution in [0.2, 0.25) is 0 Å². The number of unbranched alkanes of at least 4 members (excludes halogenated alkanes) is 3. The summed E-state index contributed by atoms with van der Waals surface area (Å²) in [5.41, 5.74) is 0.732. The molecule has 0 amide bonds. The Morgan fingerprint density at radius 1 is 1.14 bits per heavy atom. The number of rotatable bonds is 10. The van der Waals surface area contributed by atoms with E-state index in [1.54, 1.807) is 24.3 Å². The van der Waals surface area contributed by atoms with Crippen molar-refractivity contribution in [1.29, 1.82) is 0 Å². The third-order valence-corrected chi connectivity index (χ3v) is 3.62. The molecule has 0 spiro atoms. The average molecular weight is 308 g/mol. The summed E-state index contributed by atoms with van der Waals surface area (Å²) in [6.07, 6.45) is 4.48. The van der Waals surface area contributed by atoms with E-state index in [0.717, 1.165) is 25.2 Å². The van der Waals surface area contributed by atoms with Gasteiger partial charge in [0.25, 0.3) is 0 Å². The Morgan fingerprint density at radius 3 is 2.50 bits per heavy atom. The first-order valence-electron chi connectivity index (χ1n) is 8.11. The lowest BCUT2D eigenvalue weighted by atomic mass is 10.0. The van der Waals surface area contributed by atoms with Gasteiger partial charge >= 0.3 is 5.97 Å². The first-order chi connectivity index (χ1) is 10.6. The number of benzene rings is 1. The molecule has 1 atom stereocenters. The smallest absolute Gasteiger partial charge is 0.338 e. The number of carbonyl (C=O) groups is 1. The van der Waals surface area contributed by atoms with E-state index in [9.17, 15) is 9.90 Å². The van der Waals surface area contributed by atoms with Crippen LogP contribution in [0.25, 0.3) is 0 Å². The molecule has 1 rings (SSSR count). The molecule has 0 saturated carbocycles. The van der Waals surface area contributed by atoms with Gasteiger partial charge in [-0.1, -0.05) is 57.7 Å². The Hall–Kier alpha value is -1.39. The third-order valence-electron chi connectivity index (χ3n) is 3.62. The highest BCUT2D eigenvalue weighted by Gasteiger charge is 2.17. The van der Waals surface area contributed by atoms with Gasteiger partial charge < -0.3 is 14.9 Å². The molecule has 0 radical (unpaired) electrons. The van der Waals surface area contributed by atoms with Crippen molar-refractivity contribution in [3.8, 4) is 0 Å². The number of hydrogen-bond acceptors (Lipinski definition) is 4. The predicted molar refractivity (Wildman–Crippen MR) is 86.7 cm³/mol. The van der Waals surface area contributed by atoms with Gasteiger partial charge in [-0.3, -0.25) is 0 Å². The van der Waals surface area contributed by atoms with E-state index < -0.39 is 18.7 Å². The van der Waals surface area contributed by atoms with E-state index in [1.165, 1.54) is 12.8 Å². The second-order valence-electron chi connectivity index (χ2n) is 6.02. The number of carbonyl (C=O) groups excluding carboxylic acids is 1. The number of esters is 1. The van der Waals surface area contributed by atoms with Crippen molar-refractivity contribution in [3.63, 3.8) is 0 Å². The predicted octanol–water partition coefficient (Wildman–Crippen LogP) is 3.48. The van der Waals surface area contributed by atoms with Crippen LogP contribution in [0.5, 0.6) is 0 Å². The van der Waals surface area contributed by atoms with E-state index in [-0.39, 0.29) is 0 Å². The highest BCUT2D eigenvalue weighted by atomic mass is 16.5. The molecule has 4 nitrogen and oxygen atoms in total. The molecule has 0 aliphatic heterocycles. The minimum Gasteiger partial charge on any atom is -0.462 e. The maximum absolute atomic E-state index is 12.0. The number of ether oxygens (including phenoxy) is 1. The fraction of sp³-hybridized carbons (Fsp3) is 0.611. The van der Waals surface area contributed by atoms with Crippen LogP contribution in [0, 0.1) is 5.92 Å². The van der Waals surface area contributed by atoms with Crippen LogP contribution in [-0.4, -0.2) is 29.4 Å². The summed E-state index contributed by atoms with van der Waals surface area (Å²) in [4.78, 5) is 12.0. The van der Waals surface area contributed by atoms with E-state index in [2.05, 4.69) is 13.8 Å². The zero-order valence-corrected chi connectivity index (χ0v) is 13.6. The Labute approximate surface area is 133 Å². The molecule has 124 valence electrons. The van der Waals surface area contributed by atoms with Crippen molar-refractivity contribution in [2.24, 2.45) is 5.92 Å². The van der Waals surface area contributed by atoms with Gasteiger partial charge in [0.05, 0.1) is 18.8 Å². The molecule has 4 heteroatoms. The van der Waals surface area contributed by atoms with E-state index in [0.29, 0.717) is 17.7 Å². The largest absolute Gasteiger partial charge is 0.462 e. The van der Waals surface area contributed by atoms with Crippen molar-refractivity contribution >= 4 is 5.97 Å². The Balaban J connectivity index is 2.34. The van der Waals surface area contributed by atoms with Crippen LogP contribution < -0.4 is 0 Å². The standard InChI is InChI=1S/C18H28O4/c1-14(2)9-5-3-4-8-12-22-18(21)16-11-7-6-10-15(16)17(20)13-19/h6-7,10-11,14,17,19-20H,3-5,8-9,12-13H2,1-2H3. The Bertz CT molecular complexity index is 442. The molecular formula is C18H28O4. The minimum atomic E-state index is -1.06. The van der Waals surface area contributed by atoms with Gasteiger partial charge in [-0.25, -0.2) is 4.79 Å². The average Bonchev–Trinajstić information content (AvgIpc) is 2.52. The fourth-order valence-electron chi connectivity index (χ4n) is 2.32. The Morgan fingerprint density at radius 2 is 1.82 bits per heavy atom. The molecule has 0 aliphatic carbocycles. The van der Waals surface area contributed by atoms with Crippen LogP contribution in [0.1, 0.15) is 68.0 Å². The lowest BCUT2D eigenvalue weighted by Crippen LogP contribution is -2.13. The molecular weight excluding hydrogens is 280 g/mol. The van der Waals surface area contributed by atoms with Crippen LogP contribution in [-0.2, 0) is 4.74 Å². The zero-order chi connectivity index (χ0) is 16.4. The minimum absolute atomic E-state index is 0.323. The van der Waals surface area contributed by atoms with E-state index in [1.807, 2.05) is 0 Å². The molecule has 0 aromatic heterocycles. The van der Waals surface area contributed by atoms with Gasteiger partial charge in [-0.15, -0.1) is 0 Å². The van der Waals surface area contributed by atoms with E-state index >= 15 is 0 Å². The monoisotopic (exact) mass is 308 g/mol. The topological polar surface area (TPSA) is 66.8 Å². The summed E-state index contributed by atoms with van der Waals surface area (Å²) >= 11 is 0. The summed E-state index contributed by atoms with van der Waals surface area (Å²) in [6, 6.07) is 6.68. The highest BCUT2D eigenvalue weighted by Crippen LogP contribution is 2.18. The molecule has 1 unspecified atom stereocenters. The molecule has 1 aromatic carbocycles. The number of aliphatic hydroxyl groups is 2. The molecule has 0 bridgehead atoms. The lowest BCUT2D eigenvalue weighted by molar-refractivity contribution is 0.0482. The molecule has 0 heterocycles. The van der Waals surface area contributed by atoms with Gasteiger partial charge in [0.2, 0.25) is 0 Å². The normalized spacial score (nSPS) is 12.4. The van der Waals surface area contributed by atoms with Gasteiger partial charge in [-0.2, -0.15) is 0 Å². The van der Waals surface area contributed by atoms with Gasteiger partial charge in [-0.05, 0) is 24.0 Å². The molecule has 2 N–H and O–H groups in total. The molecule has 22 heavy (non-hydrogen) atoms. The maximum Gasteiger partial charge on any atom is 0.338 e. The summed E-state index contributed by atoms with van der Waals surface area (Å²) in [6.45, 7) is 4.42. The van der Waals surface area contributed by atoms with Crippen molar-refractivity contribution in [2.45, 2.75) is 52.1 Å². The lowest BCUT2D eigenvalue weighted by Gasteiger charge is -2.13. The quantitative estimate of drug-likeness (QED) is 0.513. The second kappa shape index (κ2) is 10.4. The second-order valence-corrected chi connectivity index (χ2v) is 6.02. The summed E-state index contributed by atoms with van der Waals surface area (Å²) in [5.74, 6) is 0.303. The van der Waals surface area contributed by atoms with Crippen LogP contribution in [0.3, 0.4) is 0 Å². The van der Waals surface area contributed by atoms with Crippen molar-refractivity contribution < 1.29 is 19.7 Å². The van der Waals surface area contributed by atoms with Crippen molar-refractivity contribution in [2.75, 3.05) is 13.2 Å². The SMILES string of the molecule is CC(C)CCCCCCOC(=O)c1ccccc1C(O)CO. The van der Waals surface area contributed by atoms with Crippen molar-refractivity contribution in [3.05, 3.63) is 35.4 Å². The van der Waals surface area contributed by atoms with Gasteiger partial charge in [0, 0.05) is 0 Å². The molecule has 1 aromatic rings. The Kier molecular flexibility index (Phi) is 8.78.